The van der Waals surface area contributed by atoms with Gasteiger partial charge in [-0.05, 0) is 18.9 Å². The molecule has 0 radical (unpaired) electrons. The van der Waals surface area contributed by atoms with Gasteiger partial charge in [-0.1, -0.05) is 42.6 Å². The largest absolute Gasteiger partial charge is 0.375 e. The van der Waals surface area contributed by atoms with Gasteiger partial charge in [0.2, 0.25) is 0 Å². The number of aliphatic imine (C=N–C) groups is 1. The summed E-state index contributed by atoms with van der Waals surface area (Å²) in [5, 5.41) is 0.702. The highest BCUT2D eigenvalue weighted by Gasteiger charge is 2.15. The fourth-order valence-electron chi connectivity index (χ4n) is 2.61. The lowest BCUT2D eigenvalue weighted by Crippen LogP contribution is -2.38. The van der Waals surface area contributed by atoms with Crippen LogP contribution in [-0.2, 0) is 4.74 Å². The molecule has 0 spiro atoms. The number of nitrogens with two attached hydrogens (primary N) is 1. The van der Waals surface area contributed by atoms with Crippen LogP contribution in [0.1, 0.15) is 37.4 Å². The molecular weight excluding hydrogens is 286 g/mol. The number of ether oxygens (including phenoxy) is 1. The zero-order chi connectivity index (χ0) is 15.1. The summed E-state index contributed by atoms with van der Waals surface area (Å²) < 4.78 is 5.51. The van der Waals surface area contributed by atoms with Crippen molar-refractivity contribution in [3.63, 3.8) is 0 Å². The van der Waals surface area contributed by atoms with Crippen molar-refractivity contribution >= 4 is 17.6 Å². The predicted octanol–water partition coefficient (Wildman–Crippen LogP) is 3.22. The van der Waals surface area contributed by atoms with Crippen molar-refractivity contribution in [2.75, 3.05) is 26.7 Å². The third-order valence-corrected chi connectivity index (χ3v) is 4.23. The van der Waals surface area contributed by atoms with Gasteiger partial charge < -0.3 is 15.4 Å². The molecular formula is C16H24ClN3O. The number of nitrogens with zero attached hydrogens (tertiary/aromatic N) is 2. The Morgan fingerprint density at radius 2 is 1.95 bits per heavy atom. The van der Waals surface area contributed by atoms with Crippen LogP contribution in [0.25, 0.3) is 0 Å². The number of benzene rings is 1. The van der Waals surface area contributed by atoms with Gasteiger partial charge in [0.25, 0.3) is 0 Å². The van der Waals surface area contributed by atoms with E-state index in [4.69, 9.17) is 22.1 Å². The SMILES string of the molecule is COC(CN=C(N)N1CCCCCC1)c1ccccc1Cl. The lowest BCUT2D eigenvalue weighted by Gasteiger charge is -2.22. The van der Waals surface area contributed by atoms with Gasteiger partial charge >= 0.3 is 0 Å². The summed E-state index contributed by atoms with van der Waals surface area (Å²) in [6.07, 6.45) is 4.78. The highest BCUT2D eigenvalue weighted by Crippen LogP contribution is 2.25. The maximum Gasteiger partial charge on any atom is 0.191 e. The van der Waals surface area contributed by atoms with Crippen LogP contribution in [0.4, 0.5) is 0 Å². The summed E-state index contributed by atoms with van der Waals surface area (Å²) in [7, 11) is 1.67. The van der Waals surface area contributed by atoms with Gasteiger partial charge in [-0.2, -0.15) is 0 Å². The van der Waals surface area contributed by atoms with Gasteiger partial charge in [-0.3, -0.25) is 4.99 Å². The smallest absolute Gasteiger partial charge is 0.191 e. The molecule has 1 saturated heterocycles. The second kappa shape index (κ2) is 8.25. The molecule has 0 saturated carbocycles. The summed E-state index contributed by atoms with van der Waals surface area (Å²) in [5.41, 5.74) is 7.08. The molecule has 1 atom stereocenters. The number of methoxy groups -OCH3 is 1. The Balaban J connectivity index is 2.01. The van der Waals surface area contributed by atoms with E-state index >= 15 is 0 Å². The van der Waals surface area contributed by atoms with Crippen molar-refractivity contribution < 1.29 is 4.74 Å². The zero-order valence-electron chi connectivity index (χ0n) is 12.6. The Hall–Kier alpha value is -1.26. The third-order valence-electron chi connectivity index (χ3n) is 3.89. The summed E-state index contributed by atoms with van der Waals surface area (Å²) in [6.45, 7) is 2.49. The van der Waals surface area contributed by atoms with Gasteiger partial charge in [0.1, 0.15) is 6.10 Å². The molecule has 21 heavy (non-hydrogen) atoms. The van der Waals surface area contributed by atoms with Crippen molar-refractivity contribution in [3.8, 4) is 0 Å². The van der Waals surface area contributed by atoms with E-state index in [9.17, 15) is 0 Å². The molecule has 1 unspecified atom stereocenters. The van der Waals surface area contributed by atoms with E-state index in [0.717, 1.165) is 18.7 Å². The molecule has 5 heteroatoms. The fourth-order valence-corrected chi connectivity index (χ4v) is 2.87. The molecule has 0 aromatic heterocycles. The zero-order valence-corrected chi connectivity index (χ0v) is 13.4. The van der Waals surface area contributed by atoms with E-state index in [1.165, 1.54) is 25.7 Å². The van der Waals surface area contributed by atoms with Crippen LogP contribution in [0.2, 0.25) is 5.02 Å². The molecule has 0 amide bonds. The van der Waals surface area contributed by atoms with Crippen molar-refractivity contribution in [3.05, 3.63) is 34.9 Å². The minimum absolute atomic E-state index is 0.163. The summed E-state index contributed by atoms with van der Waals surface area (Å²) in [5.74, 6) is 0.617. The van der Waals surface area contributed by atoms with Crippen molar-refractivity contribution in [1.82, 2.24) is 4.90 Å². The van der Waals surface area contributed by atoms with Crippen LogP contribution in [0.3, 0.4) is 0 Å². The average molecular weight is 310 g/mol. The van der Waals surface area contributed by atoms with Crippen molar-refractivity contribution in [2.45, 2.75) is 31.8 Å². The van der Waals surface area contributed by atoms with E-state index in [1.807, 2.05) is 24.3 Å². The molecule has 1 aromatic rings. The van der Waals surface area contributed by atoms with Gasteiger partial charge in [0.05, 0.1) is 6.54 Å². The summed E-state index contributed by atoms with van der Waals surface area (Å²) >= 11 is 6.21. The van der Waals surface area contributed by atoms with Crippen molar-refractivity contribution in [2.24, 2.45) is 10.7 Å². The highest BCUT2D eigenvalue weighted by atomic mass is 35.5. The molecule has 0 aliphatic carbocycles. The third kappa shape index (κ3) is 4.61. The molecule has 2 N–H and O–H groups in total. The Labute approximate surface area is 131 Å². The van der Waals surface area contributed by atoms with Crippen molar-refractivity contribution in [1.29, 1.82) is 0 Å². The Morgan fingerprint density at radius 3 is 2.57 bits per heavy atom. The second-order valence-corrected chi connectivity index (χ2v) is 5.75. The topological polar surface area (TPSA) is 50.9 Å². The Kier molecular flexibility index (Phi) is 6.33. The first-order valence-corrected chi connectivity index (χ1v) is 7.92. The van der Waals surface area contributed by atoms with Crippen LogP contribution in [0.15, 0.2) is 29.3 Å². The average Bonchev–Trinajstić information content (AvgIpc) is 2.78. The lowest BCUT2D eigenvalue weighted by atomic mass is 10.1. The molecule has 1 aliphatic rings. The number of halogens is 1. The minimum atomic E-state index is -0.163. The van der Waals surface area contributed by atoms with Crippen LogP contribution >= 0.6 is 11.6 Å². The highest BCUT2D eigenvalue weighted by molar-refractivity contribution is 6.31. The standard InChI is InChI=1S/C16H24ClN3O/c1-21-15(13-8-4-5-9-14(13)17)12-19-16(18)20-10-6-2-3-7-11-20/h4-5,8-9,15H,2-3,6-7,10-12H2,1H3,(H2,18,19). The maximum absolute atomic E-state index is 6.21. The fraction of sp³-hybridized carbons (Fsp3) is 0.562. The number of hydrogen-bond donors (Lipinski definition) is 1. The lowest BCUT2D eigenvalue weighted by molar-refractivity contribution is 0.111. The first-order chi connectivity index (χ1) is 10.2. The molecule has 2 rings (SSSR count). The molecule has 1 heterocycles. The van der Waals surface area contributed by atoms with Crippen LogP contribution in [0.5, 0.6) is 0 Å². The molecule has 4 nitrogen and oxygen atoms in total. The van der Waals surface area contributed by atoms with E-state index < -0.39 is 0 Å². The predicted molar refractivity (Wildman–Crippen MR) is 87.7 cm³/mol. The first-order valence-electron chi connectivity index (χ1n) is 7.54. The van der Waals surface area contributed by atoms with E-state index in [1.54, 1.807) is 7.11 Å². The quantitative estimate of drug-likeness (QED) is 0.686. The summed E-state index contributed by atoms with van der Waals surface area (Å²) in [6, 6.07) is 7.70. The molecule has 116 valence electrons. The normalized spacial score (nSPS) is 18.4. The van der Waals surface area contributed by atoms with Crippen LogP contribution < -0.4 is 5.73 Å². The molecule has 1 aliphatic heterocycles. The van der Waals surface area contributed by atoms with E-state index in [2.05, 4.69) is 9.89 Å². The molecule has 1 aromatic carbocycles. The number of guanidine groups is 1. The second-order valence-electron chi connectivity index (χ2n) is 5.35. The molecule has 0 bridgehead atoms. The first kappa shape index (κ1) is 16.1. The van der Waals surface area contributed by atoms with Crippen LogP contribution in [-0.4, -0.2) is 37.6 Å². The minimum Gasteiger partial charge on any atom is -0.375 e. The number of hydrogen-bond acceptors (Lipinski definition) is 2. The Morgan fingerprint density at radius 1 is 1.29 bits per heavy atom. The van der Waals surface area contributed by atoms with E-state index in [-0.39, 0.29) is 6.10 Å². The number of likely N-dealkylation sites (tertiary alicyclic amines) is 1. The molecule has 1 fully saturated rings. The van der Waals surface area contributed by atoms with Gasteiger partial charge in [-0.15, -0.1) is 0 Å². The Bertz CT molecular complexity index is 470. The van der Waals surface area contributed by atoms with E-state index in [0.29, 0.717) is 17.5 Å². The maximum atomic E-state index is 6.21. The number of rotatable bonds is 4. The van der Waals surface area contributed by atoms with Gasteiger partial charge in [0.15, 0.2) is 5.96 Å². The van der Waals surface area contributed by atoms with Gasteiger partial charge in [-0.25, -0.2) is 0 Å². The summed E-state index contributed by atoms with van der Waals surface area (Å²) in [4.78, 5) is 6.69. The monoisotopic (exact) mass is 309 g/mol. The van der Waals surface area contributed by atoms with Crippen LogP contribution in [0, 0.1) is 0 Å². The van der Waals surface area contributed by atoms with Gasteiger partial charge in [0, 0.05) is 30.8 Å².